The van der Waals surface area contributed by atoms with Gasteiger partial charge in [0.1, 0.15) is 18.0 Å². The molecule has 1 saturated carbocycles. The fourth-order valence-corrected chi connectivity index (χ4v) is 5.17. The Balaban J connectivity index is 1.46. The summed E-state index contributed by atoms with van der Waals surface area (Å²) >= 11 is 12.7. The highest BCUT2D eigenvalue weighted by Gasteiger charge is 2.46. The van der Waals surface area contributed by atoms with Crippen LogP contribution < -0.4 is 19.5 Å². The number of likely N-dealkylation sites (N-methyl/N-ethyl adjacent to an activating group) is 1. The van der Waals surface area contributed by atoms with E-state index in [0.717, 1.165) is 43.4 Å². The number of hydrogen-bond acceptors (Lipinski definition) is 5. The van der Waals surface area contributed by atoms with E-state index in [2.05, 4.69) is 10.2 Å². The number of halogens is 2. The zero-order chi connectivity index (χ0) is 24.3. The van der Waals surface area contributed by atoms with Crippen LogP contribution in [0.4, 0.5) is 0 Å². The number of rotatable bonds is 9. The van der Waals surface area contributed by atoms with Crippen LogP contribution in [0, 0.1) is 0 Å². The van der Waals surface area contributed by atoms with Crippen LogP contribution in [0.3, 0.4) is 0 Å². The molecule has 1 unspecified atom stereocenters. The van der Waals surface area contributed by atoms with Gasteiger partial charge in [0.15, 0.2) is 11.5 Å². The van der Waals surface area contributed by atoms with Gasteiger partial charge in [-0.15, -0.1) is 0 Å². The summed E-state index contributed by atoms with van der Waals surface area (Å²) in [7, 11) is 5.62. The number of amides is 1. The van der Waals surface area contributed by atoms with Crippen molar-refractivity contribution in [3.63, 3.8) is 0 Å². The van der Waals surface area contributed by atoms with Crippen molar-refractivity contribution < 1.29 is 19.0 Å². The van der Waals surface area contributed by atoms with Gasteiger partial charge in [0.25, 0.3) is 0 Å². The molecule has 1 fully saturated rings. The van der Waals surface area contributed by atoms with Crippen molar-refractivity contribution in [2.75, 3.05) is 34.4 Å². The lowest BCUT2D eigenvalue weighted by molar-refractivity contribution is -0.123. The fourth-order valence-electron chi connectivity index (χ4n) is 4.62. The van der Waals surface area contributed by atoms with Crippen LogP contribution in [-0.4, -0.2) is 50.8 Å². The number of fused-ring (bicyclic) bond motifs is 1. The van der Waals surface area contributed by atoms with Crippen molar-refractivity contribution in [3.8, 4) is 17.2 Å². The van der Waals surface area contributed by atoms with E-state index in [9.17, 15) is 4.79 Å². The van der Waals surface area contributed by atoms with Crippen molar-refractivity contribution in [3.05, 3.63) is 51.5 Å². The van der Waals surface area contributed by atoms with Crippen LogP contribution in [0.2, 0.25) is 10.0 Å². The van der Waals surface area contributed by atoms with Gasteiger partial charge in [0.2, 0.25) is 5.91 Å². The summed E-state index contributed by atoms with van der Waals surface area (Å²) in [5.74, 6) is 1.98. The molecule has 184 valence electrons. The van der Waals surface area contributed by atoms with E-state index in [0.29, 0.717) is 46.7 Å². The predicted molar refractivity (Wildman–Crippen MR) is 135 cm³/mol. The quantitative estimate of drug-likeness (QED) is 0.490. The van der Waals surface area contributed by atoms with E-state index < -0.39 is 0 Å². The summed E-state index contributed by atoms with van der Waals surface area (Å²) in [5, 5.41) is 4.24. The maximum absolute atomic E-state index is 13.1. The average molecular weight is 507 g/mol. The number of nitrogens with one attached hydrogen (secondary N) is 1. The standard InChI is InChI=1S/C26H32Cl2N2O4/c1-30(2)12-13-33-24-17(6-4-7-22(24)32-3)8-9-23(31)29-21-16-26(10-5-11-26)34-25-19(21)14-18(27)15-20(25)28/h4,6-7,14-15,21H,5,8-13,16H2,1-3H3,(H,29,31). The van der Waals surface area contributed by atoms with E-state index in [1.807, 2.05) is 38.4 Å². The Labute approximate surface area is 211 Å². The Morgan fingerprint density at radius 3 is 2.74 bits per heavy atom. The van der Waals surface area contributed by atoms with Crippen LogP contribution in [0.15, 0.2) is 30.3 Å². The molecule has 6 nitrogen and oxygen atoms in total. The maximum Gasteiger partial charge on any atom is 0.220 e. The Hall–Kier alpha value is -2.15. The Kier molecular flexibility index (Phi) is 7.80. The molecule has 34 heavy (non-hydrogen) atoms. The molecular formula is C26H32Cl2N2O4. The van der Waals surface area contributed by atoms with Crippen molar-refractivity contribution in [2.24, 2.45) is 0 Å². The first-order valence-electron chi connectivity index (χ1n) is 11.7. The third kappa shape index (κ3) is 5.56. The summed E-state index contributed by atoms with van der Waals surface area (Å²) in [6.07, 6.45) is 4.64. The molecule has 0 aromatic heterocycles. The molecule has 1 heterocycles. The minimum absolute atomic E-state index is 0.0366. The molecule has 1 atom stereocenters. The topological polar surface area (TPSA) is 60.0 Å². The van der Waals surface area contributed by atoms with E-state index in [-0.39, 0.29) is 17.6 Å². The van der Waals surface area contributed by atoms with Gasteiger partial charge in [-0.25, -0.2) is 0 Å². The molecular weight excluding hydrogens is 475 g/mol. The summed E-state index contributed by atoms with van der Waals surface area (Å²) < 4.78 is 17.8. The zero-order valence-corrected chi connectivity index (χ0v) is 21.5. The van der Waals surface area contributed by atoms with Crippen LogP contribution in [-0.2, 0) is 11.2 Å². The molecule has 1 aliphatic heterocycles. The Bertz CT molecular complexity index is 1040. The molecule has 1 spiro atoms. The molecule has 1 amide bonds. The van der Waals surface area contributed by atoms with Crippen molar-refractivity contribution in [2.45, 2.75) is 50.2 Å². The van der Waals surface area contributed by atoms with Crippen molar-refractivity contribution >= 4 is 29.1 Å². The van der Waals surface area contributed by atoms with Gasteiger partial charge < -0.3 is 24.4 Å². The molecule has 0 radical (unpaired) electrons. The number of methoxy groups -OCH3 is 1. The van der Waals surface area contributed by atoms with Crippen LogP contribution in [0.5, 0.6) is 17.2 Å². The lowest BCUT2D eigenvalue weighted by Gasteiger charge is -2.48. The molecule has 2 aliphatic rings. The monoisotopic (exact) mass is 506 g/mol. The molecule has 2 aromatic carbocycles. The summed E-state index contributed by atoms with van der Waals surface area (Å²) in [5.41, 5.74) is 1.54. The largest absolute Gasteiger partial charge is 0.493 e. The first kappa shape index (κ1) is 25.0. The number of para-hydroxylation sites is 1. The summed E-state index contributed by atoms with van der Waals surface area (Å²) in [6.45, 7) is 1.32. The van der Waals surface area contributed by atoms with Gasteiger partial charge in [-0.05, 0) is 63.5 Å². The fraction of sp³-hybridized carbons (Fsp3) is 0.500. The molecule has 8 heteroatoms. The second-order valence-electron chi connectivity index (χ2n) is 9.37. The van der Waals surface area contributed by atoms with Gasteiger partial charge in [-0.3, -0.25) is 4.79 Å². The van der Waals surface area contributed by atoms with Crippen LogP contribution in [0.1, 0.15) is 49.3 Å². The van der Waals surface area contributed by atoms with Crippen LogP contribution in [0.25, 0.3) is 0 Å². The number of benzene rings is 2. The summed E-state index contributed by atoms with van der Waals surface area (Å²) in [6, 6.07) is 9.13. The minimum atomic E-state index is -0.247. The lowest BCUT2D eigenvalue weighted by atomic mass is 9.73. The SMILES string of the molecule is COc1cccc(CCC(=O)NC2CC3(CCC3)Oc3c(Cl)cc(Cl)cc32)c1OCCN(C)C. The van der Waals surface area contributed by atoms with Gasteiger partial charge in [-0.1, -0.05) is 35.3 Å². The van der Waals surface area contributed by atoms with E-state index >= 15 is 0 Å². The highest BCUT2D eigenvalue weighted by atomic mass is 35.5. The Morgan fingerprint density at radius 1 is 1.26 bits per heavy atom. The average Bonchev–Trinajstić information content (AvgIpc) is 2.77. The third-order valence-corrected chi connectivity index (χ3v) is 7.09. The van der Waals surface area contributed by atoms with Crippen molar-refractivity contribution in [1.29, 1.82) is 0 Å². The predicted octanol–water partition coefficient (Wildman–Crippen LogP) is 5.44. The molecule has 0 saturated heterocycles. The third-order valence-electron chi connectivity index (χ3n) is 6.59. The van der Waals surface area contributed by atoms with E-state index in [1.54, 1.807) is 13.2 Å². The molecule has 1 aliphatic carbocycles. The number of nitrogens with zero attached hydrogens (tertiary/aromatic N) is 1. The summed E-state index contributed by atoms with van der Waals surface area (Å²) in [4.78, 5) is 15.1. The lowest BCUT2D eigenvalue weighted by Crippen LogP contribution is -2.49. The molecule has 4 rings (SSSR count). The smallest absolute Gasteiger partial charge is 0.220 e. The number of hydrogen-bond donors (Lipinski definition) is 1. The minimum Gasteiger partial charge on any atom is -0.493 e. The number of carbonyl (C=O) groups is 1. The highest BCUT2D eigenvalue weighted by Crippen LogP contribution is 2.51. The zero-order valence-electron chi connectivity index (χ0n) is 20.0. The second-order valence-corrected chi connectivity index (χ2v) is 10.2. The first-order valence-corrected chi connectivity index (χ1v) is 12.5. The van der Waals surface area contributed by atoms with E-state index in [4.69, 9.17) is 37.4 Å². The highest BCUT2D eigenvalue weighted by molar-refractivity contribution is 6.35. The van der Waals surface area contributed by atoms with Gasteiger partial charge >= 0.3 is 0 Å². The molecule has 1 N–H and O–H groups in total. The maximum atomic E-state index is 13.1. The first-order chi connectivity index (χ1) is 16.3. The van der Waals surface area contributed by atoms with E-state index in [1.165, 1.54) is 0 Å². The molecule has 2 aromatic rings. The van der Waals surface area contributed by atoms with Gasteiger partial charge in [0, 0.05) is 30.0 Å². The normalized spacial score (nSPS) is 18.1. The number of carbonyl (C=O) groups excluding carboxylic acids is 1. The van der Waals surface area contributed by atoms with Crippen LogP contribution >= 0.6 is 23.2 Å². The number of aryl methyl sites for hydroxylation is 1. The van der Waals surface area contributed by atoms with Gasteiger partial charge in [0.05, 0.1) is 18.2 Å². The van der Waals surface area contributed by atoms with Crippen molar-refractivity contribution in [1.82, 2.24) is 10.2 Å². The Morgan fingerprint density at radius 2 is 2.06 bits per heavy atom. The molecule has 0 bridgehead atoms. The number of ether oxygens (including phenoxy) is 3. The second kappa shape index (κ2) is 10.6. The van der Waals surface area contributed by atoms with Gasteiger partial charge in [-0.2, -0.15) is 0 Å².